The molecule has 0 radical (unpaired) electrons. The van der Waals surface area contributed by atoms with Crippen molar-refractivity contribution in [2.45, 2.75) is 39.8 Å². The van der Waals surface area contributed by atoms with Crippen LogP contribution in [0.2, 0.25) is 0 Å². The minimum atomic E-state index is -0.485. The number of carbonyl (C=O) groups excluding carboxylic acids is 2. The summed E-state index contributed by atoms with van der Waals surface area (Å²) in [4.78, 5) is 25.3. The van der Waals surface area contributed by atoms with Crippen molar-refractivity contribution < 1.29 is 14.3 Å². The number of ether oxygens (including phenoxy) is 1. The van der Waals surface area contributed by atoms with Crippen molar-refractivity contribution >= 4 is 12.0 Å². The van der Waals surface area contributed by atoms with Crippen LogP contribution >= 0.6 is 0 Å². The van der Waals surface area contributed by atoms with Crippen molar-refractivity contribution in [1.82, 2.24) is 10.6 Å². The number of hydrogen-bond donors (Lipinski definition) is 2. The fourth-order valence-corrected chi connectivity index (χ4v) is 3.62. The van der Waals surface area contributed by atoms with Crippen molar-refractivity contribution in [3.63, 3.8) is 0 Å². The van der Waals surface area contributed by atoms with Gasteiger partial charge in [-0.15, -0.1) is 0 Å². The maximum Gasteiger partial charge on any atom is 0.407 e. The molecule has 3 aromatic rings. The van der Waals surface area contributed by atoms with Crippen LogP contribution in [0.15, 0.2) is 78.9 Å². The van der Waals surface area contributed by atoms with E-state index in [4.69, 9.17) is 4.74 Å². The first-order chi connectivity index (χ1) is 16.0. The molecule has 0 aromatic heterocycles. The van der Waals surface area contributed by atoms with E-state index in [2.05, 4.69) is 24.5 Å². The maximum absolute atomic E-state index is 12.9. The third kappa shape index (κ3) is 6.94. The van der Waals surface area contributed by atoms with Crippen molar-refractivity contribution in [2.75, 3.05) is 6.54 Å². The van der Waals surface area contributed by atoms with Crippen LogP contribution in [0.25, 0.3) is 11.1 Å². The molecule has 0 heterocycles. The van der Waals surface area contributed by atoms with Gasteiger partial charge in [0.15, 0.2) is 0 Å². The van der Waals surface area contributed by atoms with Gasteiger partial charge in [0.05, 0.1) is 6.04 Å². The lowest BCUT2D eigenvalue weighted by Gasteiger charge is -2.20. The molecule has 3 rings (SSSR count). The fourth-order valence-electron chi connectivity index (χ4n) is 3.62. The molecule has 0 unspecified atom stereocenters. The van der Waals surface area contributed by atoms with Crippen LogP contribution in [0.1, 0.15) is 54.7 Å². The summed E-state index contributed by atoms with van der Waals surface area (Å²) in [6.45, 7) is 7.03. The molecule has 0 aliphatic rings. The lowest BCUT2D eigenvalue weighted by atomic mass is 9.92. The molecule has 0 spiro atoms. The van der Waals surface area contributed by atoms with Crippen LogP contribution in [-0.2, 0) is 11.3 Å². The highest BCUT2D eigenvalue weighted by atomic mass is 16.5. The average Bonchev–Trinajstić information content (AvgIpc) is 2.83. The quantitative estimate of drug-likeness (QED) is 0.418. The number of carbonyl (C=O) groups is 2. The standard InChI is InChI=1S/C28H32N2O3/c1-20(2)17-18-29-27(31)26-16-10-9-15-25(26)24-14-8-7-13-23(24)21(3)30-28(32)33-19-22-11-5-4-6-12-22/h4-16,20-21H,17-19H2,1-3H3,(H,29,31)(H,30,32)/t21-/m1/s1. The second kappa shape index (κ2) is 11.9. The van der Waals surface area contributed by atoms with Gasteiger partial charge in [0, 0.05) is 12.1 Å². The Bertz CT molecular complexity index is 1060. The van der Waals surface area contributed by atoms with Gasteiger partial charge in [0.1, 0.15) is 6.61 Å². The monoisotopic (exact) mass is 444 g/mol. The van der Waals surface area contributed by atoms with E-state index in [0.717, 1.165) is 28.7 Å². The highest BCUT2D eigenvalue weighted by Crippen LogP contribution is 2.31. The zero-order valence-corrected chi connectivity index (χ0v) is 19.5. The Hall–Kier alpha value is -3.60. The number of amides is 2. The van der Waals surface area contributed by atoms with Gasteiger partial charge >= 0.3 is 6.09 Å². The predicted octanol–water partition coefficient (Wildman–Crippen LogP) is 6.12. The Balaban J connectivity index is 1.75. The third-order valence-corrected chi connectivity index (χ3v) is 5.44. The fraction of sp³-hybridized carbons (Fsp3) is 0.286. The molecule has 172 valence electrons. The smallest absolute Gasteiger partial charge is 0.407 e. The molecule has 5 heteroatoms. The zero-order chi connectivity index (χ0) is 23.6. The van der Waals surface area contributed by atoms with Crippen molar-refractivity contribution in [3.05, 3.63) is 95.6 Å². The molecule has 0 fully saturated rings. The van der Waals surface area contributed by atoms with E-state index in [1.54, 1.807) is 0 Å². The second-order valence-corrected chi connectivity index (χ2v) is 8.50. The molecule has 3 aromatic carbocycles. The maximum atomic E-state index is 12.9. The summed E-state index contributed by atoms with van der Waals surface area (Å²) < 4.78 is 5.38. The Morgan fingerprint density at radius 3 is 2.18 bits per heavy atom. The molecule has 33 heavy (non-hydrogen) atoms. The molecule has 0 saturated heterocycles. The molecular weight excluding hydrogens is 412 g/mol. The summed E-state index contributed by atoms with van der Waals surface area (Å²) in [6, 6.07) is 24.6. The molecule has 2 amide bonds. The number of alkyl carbamates (subject to hydrolysis) is 1. The predicted molar refractivity (Wildman–Crippen MR) is 132 cm³/mol. The number of nitrogens with one attached hydrogen (secondary N) is 2. The van der Waals surface area contributed by atoms with E-state index in [9.17, 15) is 9.59 Å². The van der Waals surface area contributed by atoms with E-state index in [0.29, 0.717) is 18.0 Å². The van der Waals surface area contributed by atoms with E-state index in [-0.39, 0.29) is 18.6 Å². The summed E-state index contributed by atoms with van der Waals surface area (Å²) in [5.41, 5.74) is 4.20. The summed E-state index contributed by atoms with van der Waals surface area (Å²) >= 11 is 0. The van der Waals surface area contributed by atoms with Crippen molar-refractivity contribution in [3.8, 4) is 11.1 Å². The summed E-state index contributed by atoms with van der Waals surface area (Å²) in [7, 11) is 0. The Kier molecular flexibility index (Phi) is 8.64. The molecule has 0 saturated carbocycles. The van der Waals surface area contributed by atoms with E-state index >= 15 is 0 Å². The van der Waals surface area contributed by atoms with E-state index in [1.165, 1.54) is 0 Å². The highest BCUT2D eigenvalue weighted by molar-refractivity contribution is 6.01. The molecule has 0 aliphatic heterocycles. The van der Waals surface area contributed by atoms with Crippen LogP contribution in [0.3, 0.4) is 0 Å². The van der Waals surface area contributed by atoms with E-state index in [1.807, 2.05) is 85.8 Å². The minimum Gasteiger partial charge on any atom is -0.445 e. The van der Waals surface area contributed by atoms with Gasteiger partial charge in [0.2, 0.25) is 0 Å². The minimum absolute atomic E-state index is 0.0936. The van der Waals surface area contributed by atoms with E-state index < -0.39 is 6.09 Å². The van der Waals surface area contributed by atoms with Gasteiger partial charge in [-0.05, 0) is 47.6 Å². The normalized spacial score (nSPS) is 11.6. The second-order valence-electron chi connectivity index (χ2n) is 8.50. The Labute approximate surface area is 196 Å². The lowest BCUT2D eigenvalue weighted by Crippen LogP contribution is -2.28. The number of hydrogen-bond acceptors (Lipinski definition) is 3. The summed E-state index contributed by atoms with van der Waals surface area (Å²) in [5, 5.41) is 5.94. The molecule has 0 aliphatic carbocycles. The van der Waals surface area contributed by atoms with Crippen LogP contribution in [0, 0.1) is 5.92 Å². The molecule has 0 bridgehead atoms. The van der Waals surface area contributed by atoms with Crippen molar-refractivity contribution in [1.29, 1.82) is 0 Å². The molecule has 2 N–H and O–H groups in total. The lowest BCUT2D eigenvalue weighted by molar-refractivity contribution is 0.0952. The Morgan fingerprint density at radius 2 is 1.45 bits per heavy atom. The molecular formula is C28H32N2O3. The molecule has 1 atom stereocenters. The van der Waals surface area contributed by atoms with Gasteiger partial charge in [-0.2, -0.15) is 0 Å². The first-order valence-corrected chi connectivity index (χ1v) is 11.4. The van der Waals surface area contributed by atoms with Gasteiger partial charge < -0.3 is 15.4 Å². The number of rotatable bonds is 9. The van der Waals surface area contributed by atoms with Gasteiger partial charge in [-0.3, -0.25) is 4.79 Å². The van der Waals surface area contributed by atoms with Crippen LogP contribution in [0.5, 0.6) is 0 Å². The summed E-state index contributed by atoms with van der Waals surface area (Å²) in [6.07, 6.45) is 0.442. The highest BCUT2D eigenvalue weighted by Gasteiger charge is 2.19. The topological polar surface area (TPSA) is 67.4 Å². The Morgan fingerprint density at radius 1 is 0.818 bits per heavy atom. The van der Waals surface area contributed by atoms with Gasteiger partial charge in [-0.25, -0.2) is 4.79 Å². The van der Waals surface area contributed by atoms with Gasteiger partial charge in [0.25, 0.3) is 5.91 Å². The molecule has 5 nitrogen and oxygen atoms in total. The SMILES string of the molecule is CC(C)CCNC(=O)c1ccccc1-c1ccccc1[C@@H](C)NC(=O)OCc1ccccc1. The average molecular weight is 445 g/mol. The van der Waals surface area contributed by atoms with Crippen LogP contribution < -0.4 is 10.6 Å². The van der Waals surface area contributed by atoms with Gasteiger partial charge in [-0.1, -0.05) is 86.6 Å². The largest absolute Gasteiger partial charge is 0.445 e. The first kappa shape index (κ1) is 24.1. The van der Waals surface area contributed by atoms with Crippen LogP contribution in [-0.4, -0.2) is 18.5 Å². The zero-order valence-electron chi connectivity index (χ0n) is 19.5. The van der Waals surface area contributed by atoms with Crippen LogP contribution in [0.4, 0.5) is 4.79 Å². The van der Waals surface area contributed by atoms with Crippen molar-refractivity contribution in [2.24, 2.45) is 5.92 Å². The third-order valence-electron chi connectivity index (χ3n) is 5.44. The number of benzene rings is 3. The first-order valence-electron chi connectivity index (χ1n) is 11.4. The summed E-state index contributed by atoms with van der Waals surface area (Å²) in [5.74, 6) is 0.429.